The van der Waals surface area contributed by atoms with Gasteiger partial charge in [-0.25, -0.2) is 0 Å². The fraction of sp³-hybridized carbons (Fsp3) is 0.550. The lowest BCUT2D eigenvalue weighted by Crippen LogP contribution is -2.42. The van der Waals surface area contributed by atoms with Crippen LogP contribution in [0.4, 0.5) is 5.69 Å². The molecule has 0 aromatic heterocycles. The zero-order valence-corrected chi connectivity index (χ0v) is 15.9. The Balaban J connectivity index is 1.44. The van der Waals surface area contributed by atoms with Crippen LogP contribution in [0, 0.1) is 11.8 Å². The second-order valence-electron chi connectivity index (χ2n) is 7.46. The van der Waals surface area contributed by atoms with Crippen molar-refractivity contribution in [2.75, 3.05) is 39.1 Å². The van der Waals surface area contributed by atoms with Gasteiger partial charge in [-0.3, -0.25) is 14.4 Å². The second kappa shape index (κ2) is 8.41. The van der Waals surface area contributed by atoms with E-state index in [0.717, 1.165) is 12.8 Å². The van der Waals surface area contributed by atoms with Crippen LogP contribution in [0.5, 0.6) is 5.75 Å². The summed E-state index contributed by atoms with van der Waals surface area (Å²) >= 11 is 0. The summed E-state index contributed by atoms with van der Waals surface area (Å²) in [7, 11) is 3.35. The molecule has 0 spiro atoms. The van der Waals surface area contributed by atoms with Gasteiger partial charge >= 0.3 is 0 Å². The molecule has 7 heteroatoms. The zero-order chi connectivity index (χ0) is 19.4. The van der Waals surface area contributed by atoms with Crippen molar-refractivity contribution < 1.29 is 19.1 Å². The zero-order valence-electron chi connectivity index (χ0n) is 15.9. The molecule has 1 heterocycles. The first-order valence-electron chi connectivity index (χ1n) is 9.46. The number of rotatable bonds is 6. The fourth-order valence-electron chi connectivity index (χ4n) is 3.10. The van der Waals surface area contributed by atoms with Crippen LogP contribution in [0.25, 0.3) is 0 Å². The van der Waals surface area contributed by atoms with E-state index in [-0.39, 0.29) is 36.2 Å². The normalized spacial score (nSPS) is 17.3. The Kier molecular flexibility index (Phi) is 5.98. The van der Waals surface area contributed by atoms with Gasteiger partial charge in [0.2, 0.25) is 11.8 Å². The Bertz CT molecular complexity index is 690. The van der Waals surface area contributed by atoms with E-state index in [2.05, 4.69) is 5.32 Å². The van der Waals surface area contributed by atoms with Crippen LogP contribution in [-0.2, 0) is 14.4 Å². The van der Waals surface area contributed by atoms with Crippen molar-refractivity contribution in [1.82, 2.24) is 9.80 Å². The van der Waals surface area contributed by atoms with Crippen molar-refractivity contribution in [3.05, 3.63) is 24.3 Å². The maximum Gasteiger partial charge on any atom is 0.259 e. The molecule has 2 fully saturated rings. The van der Waals surface area contributed by atoms with Gasteiger partial charge in [0, 0.05) is 44.7 Å². The second-order valence-corrected chi connectivity index (χ2v) is 7.46. The number of likely N-dealkylation sites (N-methyl/N-ethyl adjacent to an activating group) is 1. The smallest absolute Gasteiger partial charge is 0.259 e. The molecule has 1 aliphatic carbocycles. The molecule has 0 bridgehead atoms. The predicted molar refractivity (Wildman–Crippen MR) is 101 cm³/mol. The molecular weight excluding hydrogens is 346 g/mol. The first kappa shape index (κ1) is 19.2. The molecule has 3 amide bonds. The minimum absolute atomic E-state index is 0.00928. The van der Waals surface area contributed by atoms with E-state index >= 15 is 0 Å². The summed E-state index contributed by atoms with van der Waals surface area (Å²) in [4.78, 5) is 39.5. The van der Waals surface area contributed by atoms with Crippen LogP contribution in [0.15, 0.2) is 24.3 Å². The van der Waals surface area contributed by atoms with Gasteiger partial charge in [0.1, 0.15) is 5.75 Å². The number of amides is 3. The summed E-state index contributed by atoms with van der Waals surface area (Å²) < 4.78 is 5.42. The number of hydrogen-bond acceptors (Lipinski definition) is 4. The number of benzene rings is 1. The van der Waals surface area contributed by atoms with E-state index in [1.807, 2.05) is 4.90 Å². The Morgan fingerprint density at radius 1 is 1.04 bits per heavy atom. The van der Waals surface area contributed by atoms with Crippen molar-refractivity contribution in [3.63, 3.8) is 0 Å². The predicted octanol–water partition coefficient (Wildman–Crippen LogP) is 1.74. The van der Waals surface area contributed by atoms with Crippen LogP contribution in [0.2, 0.25) is 0 Å². The number of carbonyl (C=O) groups is 3. The highest BCUT2D eigenvalue weighted by atomic mass is 16.5. The number of ether oxygens (including phenoxy) is 1. The van der Waals surface area contributed by atoms with Crippen molar-refractivity contribution in [3.8, 4) is 5.75 Å². The van der Waals surface area contributed by atoms with Gasteiger partial charge < -0.3 is 19.9 Å². The summed E-state index contributed by atoms with van der Waals surface area (Å²) in [5, 5.41) is 2.93. The van der Waals surface area contributed by atoms with Crippen LogP contribution >= 0.6 is 0 Å². The molecule has 7 nitrogen and oxygen atoms in total. The quantitative estimate of drug-likeness (QED) is 0.824. The first-order chi connectivity index (χ1) is 12.9. The molecule has 27 heavy (non-hydrogen) atoms. The van der Waals surface area contributed by atoms with Crippen LogP contribution < -0.4 is 10.1 Å². The molecule has 1 N–H and O–H groups in total. The van der Waals surface area contributed by atoms with Gasteiger partial charge in [-0.15, -0.1) is 0 Å². The molecule has 0 radical (unpaired) electrons. The lowest BCUT2D eigenvalue weighted by atomic mass is 9.95. The first-order valence-corrected chi connectivity index (χ1v) is 9.46. The van der Waals surface area contributed by atoms with Gasteiger partial charge in [-0.05, 0) is 49.9 Å². The molecule has 0 atom stereocenters. The Labute approximate surface area is 159 Å². The van der Waals surface area contributed by atoms with Crippen molar-refractivity contribution in [2.24, 2.45) is 11.8 Å². The summed E-state index contributed by atoms with van der Waals surface area (Å²) in [6, 6.07) is 6.99. The van der Waals surface area contributed by atoms with Gasteiger partial charge in [-0.1, -0.05) is 0 Å². The van der Waals surface area contributed by atoms with Gasteiger partial charge in [0.05, 0.1) is 0 Å². The molecule has 146 valence electrons. The van der Waals surface area contributed by atoms with Crippen LogP contribution in [0.3, 0.4) is 0 Å². The van der Waals surface area contributed by atoms with E-state index in [4.69, 9.17) is 4.74 Å². The summed E-state index contributed by atoms with van der Waals surface area (Å²) in [6.07, 6.45) is 3.45. The number of likely N-dealkylation sites (tertiary alicyclic amines) is 1. The van der Waals surface area contributed by atoms with Gasteiger partial charge in [0.15, 0.2) is 6.61 Å². The van der Waals surface area contributed by atoms with Gasteiger partial charge in [0.25, 0.3) is 5.91 Å². The topological polar surface area (TPSA) is 79.0 Å². The third-order valence-corrected chi connectivity index (χ3v) is 5.09. The fourth-order valence-corrected chi connectivity index (χ4v) is 3.10. The highest BCUT2D eigenvalue weighted by Gasteiger charge is 2.35. The molecule has 1 aromatic carbocycles. The SMILES string of the molecule is CN(C)C(=O)COc1ccc(NC(=O)C2CCN(C(=O)C3CC3)CC2)cc1. The maximum atomic E-state index is 12.5. The van der Waals surface area contributed by atoms with E-state index in [1.54, 1.807) is 38.4 Å². The molecule has 2 aliphatic rings. The number of piperidine rings is 1. The van der Waals surface area contributed by atoms with Crippen LogP contribution in [0.1, 0.15) is 25.7 Å². The van der Waals surface area contributed by atoms with Crippen molar-refractivity contribution in [1.29, 1.82) is 0 Å². The molecule has 1 aromatic rings. The molecule has 3 rings (SSSR count). The van der Waals surface area contributed by atoms with Crippen molar-refractivity contribution >= 4 is 23.4 Å². The highest BCUT2D eigenvalue weighted by molar-refractivity contribution is 5.93. The summed E-state index contributed by atoms with van der Waals surface area (Å²) in [6.45, 7) is 1.32. The number of carbonyl (C=O) groups excluding carboxylic acids is 3. The molecule has 1 aliphatic heterocycles. The third-order valence-electron chi connectivity index (χ3n) is 5.09. The van der Waals surface area contributed by atoms with E-state index in [9.17, 15) is 14.4 Å². The molecule has 1 saturated carbocycles. The van der Waals surface area contributed by atoms with Gasteiger partial charge in [-0.2, -0.15) is 0 Å². The van der Waals surface area contributed by atoms with E-state index in [0.29, 0.717) is 37.4 Å². The van der Waals surface area contributed by atoms with E-state index < -0.39 is 0 Å². The van der Waals surface area contributed by atoms with E-state index in [1.165, 1.54) is 4.90 Å². The average molecular weight is 373 g/mol. The lowest BCUT2D eigenvalue weighted by molar-refractivity contribution is -0.135. The highest BCUT2D eigenvalue weighted by Crippen LogP contribution is 2.32. The monoisotopic (exact) mass is 373 g/mol. The summed E-state index contributed by atoms with van der Waals surface area (Å²) in [5.74, 6) is 0.891. The number of hydrogen-bond donors (Lipinski definition) is 1. The Hall–Kier alpha value is -2.57. The summed E-state index contributed by atoms with van der Waals surface area (Å²) in [5.41, 5.74) is 0.697. The average Bonchev–Trinajstić information content (AvgIpc) is 3.52. The Morgan fingerprint density at radius 2 is 1.67 bits per heavy atom. The molecule has 0 unspecified atom stereocenters. The van der Waals surface area contributed by atoms with Crippen LogP contribution in [-0.4, -0.2) is 61.3 Å². The number of nitrogens with one attached hydrogen (secondary N) is 1. The van der Waals surface area contributed by atoms with Crippen molar-refractivity contribution in [2.45, 2.75) is 25.7 Å². The molecular formula is C20H27N3O4. The number of anilines is 1. The largest absolute Gasteiger partial charge is 0.484 e. The number of nitrogens with zero attached hydrogens (tertiary/aromatic N) is 2. The minimum Gasteiger partial charge on any atom is -0.484 e. The minimum atomic E-state index is -0.112. The maximum absolute atomic E-state index is 12.5. The standard InChI is InChI=1S/C20H27N3O4/c1-22(2)18(24)13-27-17-7-5-16(6-8-17)21-19(25)14-9-11-23(12-10-14)20(26)15-3-4-15/h5-8,14-15H,3-4,9-13H2,1-2H3,(H,21,25). The lowest BCUT2D eigenvalue weighted by Gasteiger charge is -2.31. The third kappa shape index (κ3) is 5.21. The molecule has 1 saturated heterocycles. The Morgan fingerprint density at radius 3 is 2.22 bits per heavy atom.